The Kier molecular flexibility index (Phi) is 9.25. The van der Waals surface area contributed by atoms with Crippen LogP contribution in [0, 0.1) is 80.3 Å². The molecule has 0 amide bonds. The summed E-state index contributed by atoms with van der Waals surface area (Å²) in [7, 11) is -1.25. The van der Waals surface area contributed by atoms with Crippen molar-refractivity contribution >= 4 is 18.7 Å². The highest BCUT2D eigenvalue weighted by Gasteiger charge is 2.34. The van der Waals surface area contributed by atoms with Gasteiger partial charge in [0.15, 0.2) is 0 Å². The Balaban J connectivity index is 1.77. The maximum atomic E-state index is 14.5. The topological polar surface area (TPSA) is 8.81 Å². The van der Waals surface area contributed by atoms with Crippen LogP contribution >= 0.6 is 7.92 Å². The van der Waals surface area contributed by atoms with Gasteiger partial charge in [-0.3, -0.25) is 9.13 Å². The Morgan fingerprint density at radius 1 is 0.562 bits per heavy atom. The van der Waals surface area contributed by atoms with Crippen molar-refractivity contribution in [3.8, 4) is 11.4 Å². The van der Waals surface area contributed by atoms with E-state index in [0.29, 0.717) is 0 Å². The standard InChI is InChI=1S/C43H43F2N2P/c1-26-18-29(4)40(30(5)19-26)46-24-39(47(25-46)41-31(6)20-27(2)21-32(41)7)48(42-33(8)22-28(3)23-34(42)9)43(35-10-14-37(44)15-11-35)36-12-16-38(45)17-13-36/h10-24,43H,1-9H3. The summed E-state index contributed by atoms with van der Waals surface area (Å²) in [5.74, 6) is -0.566. The molecule has 244 valence electrons. The van der Waals surface area contributed by atoms with Gasteiger partial charge in [-0.1, -0.05) is 77.4 Å². The molecule has 1 aromatic heterocycles. The molecule has 5 heteroatoms. The molecule has 48 heavy (non-hydrogen) atoms. The fourth-order valence-corrected chi connectivity index (χ4v) is 10.8. The first kappa shape index (κ1) is 33.5. The highest BCUT2D eigenvalue weighted by Crippen LogP contribution is 2.54. The lowest BCUT2D eigenvalue weighted by Gasteiger charge is -2.33. The van der Waals surface area contributed by atoms with Crippen LogP contribution in [0.4, 0.5) is 8.78 Å². The monoisotopic (exact) mass is 656 g/mol. The third-order valence-electron chi connectivity index (χ3n) is 9.17. The first-order valence-electron chi connectivity index (χ1n) is 16.4. The molecule has 5 aromatic carbocycles. The summed E-state index contributed by atoms with van der Waals surface area (Å²) in [5, 5.41) is 1.26. The molecule has 6 rings (SSSR count). The van der Waals surface area contributed by atoms with E-state index < -0.39 is 7.92 Å². The molecule has 0 fully saturated rings. The Morgan fingerprint density at radius 3 is 1.40 bits per heavy atom. The van der Waals surface area contributed by atoms with Gasteiger partial charge in [-0.2, -0.15) is 0 Å². The maximum Gasteiger partial charge on any atom is 0.269 e. The number of hydrogen-bond acceptors (Lipinski definition) is 0. The zero-order valence-electron chi connectivity index (χ0n) is 29.3. The quantitative estimate of drug-likeness (QED) is 0.0919. The van der Waals surface area contributed by atoms with Gasteiger partial charge in [0.2, 0.25) is 0 Å². The molecule has 0 saturated carbocycles. The van der Waals surface area contributed by atoms with Crippen LogP contribution in [-0.4, -0.2) is 4.57 Å². The first-order chi connectivity index (χ1) is 22.8. The number of halogens is 2. The summed E-state index contributed by atoms with van der Waals surface area (Å²) < 4.78 is 33.4. The van der Waals surface area contributed by atoms with E-state index in [4.69, 9.17) is 0 Å². The molecule has 1 heterocycles. The number of imidazole rings is 1. The summed E-state index contributed by atoms with van der Waals surface area (Å²) in [5.41, 5.74) is 15.8. The van der Waals surface area contributed by atoms with Crippen LogP contribution < -0.4 is 15.3 Å². The van der Waals surface area contributed by atoms with Crippen molar-refractivity contribution in [2.75, 3.05) is 0 Å². The minimum atomic E-state index is -1.25. The summed E-state index contributed by atoms with van der Waals surface area (Å²) in [6, 6.07) is 27.1. The molecule has 1 atom stereocenters. The van der Waals surface area contributed by atoms with Crippen LogP contribution in [0.15, 0.2) is 91.1 Å². The normalized spacial score (nSPS) is 12.2. The number of aromatic nitrogens is 2. The fraction of sp³-hybridized carbons (Fsp3) is 0.233. The minimum Gasteiger partial charge on any atom is -0.298 e. The number of aryl methyl sites for hydroxylation is 9. The highest BCUT2D eigenvalue weighted by molar-refractivity contribution is 7.73. The Morgan fingerprint density at radius 2 is 0.958 bits per heavy atom. The third kappa shape index (κ3) is 6.39. The predicted molar refractivity (Wildman–Crippen MR) is 196 cm³/mol. The zero-order valence-corrected chi connectivity index (χ0v) is 30.2. The molecule has 6 aromatic rings. The van der Waals surface area contributed by atoms with E-state index in [1.165, 1.54) is 68.5 Å². The van der Waals surface area contributed by atoms with E-state index in [2.05, 4.69) is 120 Å². The Hall–Kier alpha value is -4.40. The molecule has 0 saturated heterocycles. The first-order valence-corrected chi connectivity index (χ1v) is 17.8. The molecule has 0 spiro atoms. The Bertz CT molecular complexity index is 2030. The van der Waals surface area contributed by atoms with Crippen molar-refractivity contribution in [2.24, 2.45) is 0 Å². The lowest BCUT2D eigenvalue weighted by molar-refractivity contribution is -0.581. The van der Waals surface area contributed by atoms with E-state index in [1.807, 2.05) is 24.3 Å². The molecular formula is C43H43F2N2P. The van der Waals surface area contributed by atoms with Crippen LogP contribution in [0.2, 0.25) is 0 Å². The number of hydrogen-bond donors (Lipinski definition) is 0. The molecule has 1 unspecified atom stereocenters. The lowest BCUT2D eigenvalue weighted by Crippen LogP contribution is -2.47. The number of rotatable bonds is 7. The second-order valence-corrected chi connectivity index (χ2v) is 15.6. The largest absolute Gasteiger partial charge is 0.298 e. The van der Waals surface area contributed by atoms with Gasteiger partial charge in [0.05, 0.1) is 16.8 Å². The van der Waals surface area contributed by atoms with E-state index >= 15 is 0 Å². The molecule has 0 radical (unpaired) electrons. The van der Waals surface area contributed by atoms with Gasteiger partial charge in [-0.15, -0.1) is 0 Å². The molecule has 2 nitrogen and oxygen atoms in total. The second-order valence-electron chi connectivity index (χ2n) is 13.4. The third-order valence-corrected chi connectivity index (χ3v) is 12.3. The highest BCUT2D eigenvalue weighted by atomic mass is 31.1. The van der Waals surface area contributed by atoms with Crippen molar-refractivity contribution in [1.29, 1.82) is 0 Å². The van der Waals surface area contributed by atoms with Crippen molar-refractivity contribution in [2.45, 2.75) is 68.0 Å². The molecule has 0 aliphatic heterocycles. The zero-order chi connectivity index (χ0) is 34.4. The van der Waals surface area contributed by atoms with E-state index in [-0.39, 0.29) is 17.3 Å². The number of nitrogens with zero attached hydrogens (tertiary/aromatic N) is 2. The van der Waals surface area contributed by atoms with Gasteiger partial charge in [0.1, 0.15) is 11.6 Å². The van der Waals surface area contributed by atoms with Gasteiger partial charge in [0, 0.05) is 11.9 Å². The van der Waals surface area contributed by atoms with Crippen molar-refractivity contribution in [1.82, 2.24) is 4.57 Å². The lowest BCUT2D eigenvalue weighted by atomic mass is 10.0. The molecule has 0 bridgehead atoms. The van der Waals surface area contributed by atoms with Gasteiger partial charge in [-0.05, 0) is 144 Å². The molecular weight excluding hydrogens is 613 g/mol. The average molecular weight is 657 g/mol. The van der Waals surface area contributed by atoms with Crippen molar-refractivity contribution < 1.29 is 13.3 Å². The van der Waals surface area contributed by atoms with E-state index in [0.717, 1.165) is 39.1 Å². The maximum absolute atomic E-state index is 14.5. The van der Waals surface area contributed by atoms with Gasteiger partial charge in [0.25, 0.3) is 6.33 Å². The van der Waals surface area contributed by atoms with Crippen LogP contribution in [0.5, 0.6) is 0 Å². The predicted octanol–water partition coefficient (Wildman–Crippen LogP) is 9.83. The van der Waals surface area contributed by atoms with Crippen LogP contribution in [0.25, 0.3) is 11.4 Å². The summed E-state index contributed by atoms with van der Waals surface area (Å²) in [6.45, 7) is 19.4. The van der Waals surface area contributed by atoms with Crippen molar-refractivity contribution in [3.63, 3.8) is 0 Å². The van der Waals surface area contributed by atoms with E-state index in [1.54, 1.807) is 0 Å². The van der Waals surface area contributed by atoms with Gasteiger partial charge < -0.3 is 0 Å². The molecule has 0 aliphatic rings. The summed E-state index contributed by atoms with van der Waals surface area (Å²) in [4.78, 5) is 0. The second kappa shape index (κ2) is 13.2. The number of benzene rings is 5. The average Bonchev–Trinajstić information content (AvgIpc) is 3.40. The van der Waals surface area contributed by atoms with Crippen LogP contribution in [0.3, 0.4) is 0 Å². The fourth-order valence-electron chi connectivity index (χ4n) is 7.60. The minimum absolute atomic E-state index is 0.205. The van der Waals surface area contributed by atoms with Crippen LogP contribution in [0.1, 0.15) is 66.9 Å². The summed E-state index contributed by atoms with van der Waals surface area (Å²) in [6.07, 6.45) is 6.08. The van der Waals surface area contributed by atoms with E-state index in [9.17, 15) is 8.78 Å². The SMILES string of the molecule is Cc1cc(C)c(-n2[c-][n+](-c3c(C)cc(C)cc3C)c(P(c3c(C)cc(C)cc3C)C(c3ccc(F)cc3)c3ccc(F)cc3)c2)c(C)c1. The molecule has 0 aliphatic carbocycles. The summed E-state index contributed by atoms with van der Waals surface area (Å²) >= 11 is 0. The molecule has 0 N–H and O–H groups in total. The van der Waals surface area contributed by atoms with Gasteiger partial charge >= 0.3 is 0 Å². The van der Waals surface area contributed by atoms with Crippen LogP contribution in [-0.2, 0) is 0 Å². The Labute approximate surface area is 285 Å². The van der Waals surface area contributed by atoms with Crippen molar-refractivity contribution in [3.05, 3.63) is 170 Å². The van der Waals surface area contributed by atoms with Gasteiger partial charge in [-0.25, -0.2) is 8.78 Å². The smallest absolute Gasteiger partial charge is 0.269 e.